The van der Waals surface area contributed by atoms with Crippen molar-refractivity contribution in [3.63, 3.8) is 0 Å². The maximum absolute atomic E-state index is 2.62. The maximum atomic E-state index is 2.62. The molecular weight excluding hydrogens is 569 g/mol. The summed E-state index contributed by atoms with van der Waals surface area (Å²) in [7, 11) is 0. The lowest BCUT2D eigenvalue weighted by Crippen LogP contribution is -2.37. The van der Waals surface area contributed by atoms with Gasteiger partial charge in [0.2, 0.25) is 0 Å². The second kappa shape index (κ2) is 31.7. The molecule has 0 atom stereocenters. The normalized spacial score (nSPS) is 11.5. The summed E-state index contributed by atoms with van der Waals surface area (Å²) in [6, 6.07) is 11.0. The summed E-state index contributed by atoms with van der Waals surface area (Å²) in [5.74, 6) is 1.59. The second-order valence-corrected chi connectivity index (χ2v) is 15.0. The van der Waals surface area contributed by atoms with Crippen LogP contribution in [0.3, 0.4) is 0 Å². The smallest absolute Gasteiger partial charge is 0.234 e. The molecule has 2 nitrogen and oxygen atoms in total. The Kier molecular flexibility index (Phi) is 28.0. The summed E-state index contributed by atoms with van der Waals surface area (Å²) in [6.07, 6.45) is 50.0. The van der Waals surface area contributed by atoms with Crippen LogP contribution in [0.1, 0.15) is 218 Å². The van der Waals surface area contributed by atoms with E-state index in [1.807, 2.05) is 0 Å². The molecular formula is C45H81N2+. The minimum Gasteiger partial charge on any atom is -0.234 e. The van der Waals surface area contributed by atoms with Gasteiger partial charge in [-0.25, -0.2) is 9.13 Å². The predicted molar refractivity (Wildman–Crippen MR) is 208 cm³/mol. The number of nitrogens with zero attached hydrogens (tertiary/aromatic N) is 2. The Morgan fingerprint density at radius 3 is 1.28 bits per heavy atom. The number of unbranched alkanes of at least 4 members (excludes halogenated alkanes) is 27. The molecule has 2 rings (SSSR count). The summed E-state index contributed by atoms with van der Waals surface area (Å²) in [4.78, 5) is 0. The Hall–Kier alpha value is -1.57. The summed E-state index contributed by atoms with van der Waals surface area (Å²) >= 11 is 0. The molecule has 2 heteroatoms. The van der Waals surface area contributed by atoms with Gasteiger partial charge in [0.25, 0.3) is 5.82 Å². The van der Waals surface area contributed by atoms with E-state index in [2.05, 4.69) is 65.7 Å². The number of aromatic nitrogens is 2. The van der Waals surface area contributed by atoms with Crippen LogP contribution >= 0.6 is 0 Å². The quantitative estimate of drug-likeness (QED) is 0.0519. The highest BCUT2D eigenvalue weighted by atomic mass is 15.1. The van der Waals surface area contributed by atoms with Crippen molar-refractivity contribution in [2.45, 2.75) is 232 Å². The molecule has 0 unspecified atom stereocenters. The van der Waals surface area contributed by atoms with Crippen molar-refractivity contribution in [3.8, 4) is 0 Å². The minimum atomic E-state index is 1.15. The lowest BCUT2D eigenvalue weighted by Gasteiger charge is -2.07. The van der Waals surface area contributed by atoms with Crippen molar-refractivity contribution in [2.24, 2.45) is 0 Å². The van der Waals surface area contributed by atoms with Crippen LogP contribution in [0.15, 0.2) is 42.7 Å². The number of imidazole rings is 1. The molecule has 0 bridgehead atoms. The lowest BCUT2D eigenvalue weighted by atomic mass is 10.0. The Morgan fingerprint density at radius 2 is 0.830 bits per heavy atom. The first-order chi connectivity index (χ1) is 23.3. The molecule has 2 aromatic rings. The van der Waals surface area contributed by atoms with Gasteiger partial charge in [-0.05, 0) is 37.7 Å². The van der Waals surface area contributed by atoms with Crippen molar-refractivity contribution < 1.29 is 4.57 Å². The number of rotatable bonds is 35. The molecule has 0 aliphatic carbocycles. The van der Waals surface area contributed by atoms with Crippen molar-refractivity contribution in [1.82, 2.24) is 4.57 Å². The summed E-state index contributed by atoms with van der Waals surface area (Å²) < 4.78 is 5.21. The highest BCUT2D eigenvalue weighted by Crippen LogP contribution is 2.16. The summed E-state index contributed by atoms with van der Waals surface area (Å²) in [5, 5.41) is 0. The molecule has 0 amide bonds. The fraction of sp³-hybridized carbons (Fsp3) is 0.800. The minimum absolute atomic E-state index is 1.15. The zero-order valence-electron chi connectivity index (χ0n) is 32.0. The summed E-state index contributed by atoms with van der Waals surface area (Å²) in [6.45, 7) is 6.97. The largest absolute Gasteiger partial charge is 0.256 e. The number of benzene rings is 1. The van der Waals surface area contributed by atoms with E-state index in [1.54, 1.807) is 5.82 Å². The molecule has 270 valence electrons. The van der Waals surface area contributed by atoms with Crippen molar-refractivity contribution >= 4 is 0 Å². The van der Waals surface area contributed by atoms with Gasteiger partial charge in [0.15, 0.2) is 0 Å². The molecule has 0 fully saturated rings. The molecule has 47 heavy (non-hydrogen) atoms. The number of hydrogen-bond donors (Lipinski definition) is 0. The van der Waals surface area contributed by atoms with Crippen LogP contribution in [0.5, 0.6) is 0 Å². The van der Waals surface area contributed by atoms with Crippen molar-refractivity contribution in [1.29, 1.82) is 0 Å². The summed E-state index contributed by atoms with van der Waals surface area (Å²) in [5.41, 5.74) is 1.47. The van der Waals surface area contributed by atoms with Gasteiger partial charge < -0.3 is 0 Å². The third-order valence-corrected chi connectivity index (χ3v) is 10.6. The average Bonchev–Trinajstić information content (AvgIpc) is 3.48. The zero-order valence-corrected chi connectivity index (χ0v) is 32.0. The standard InChI is InChI=1S/C45H81N2/c1-3-5-7-9-11-13-15-17-18-19-20-22-24-26-28-33-39-45-46(42-43-47(45)41-35-38-44-36-31-30-32-37-44)40-34-29-27-25-23-21-16-14-12-10-8-6-4-2/h30-32,36-37,42-43H,3-29,33-35,38-41H2,1-2H3/q+1. The number of aryl methyl sites for hydroxylation is 3. The van der Waals surface area contributed by atoms with E-state index >= 15 is 0 Å². The van der Waals surface area contributed by atoms with Gasteiger partial charge in [-0.1, -0.05) is 211 Å². The van der Waals surface area contributed by atoms with E-state index in [9.17, 15) is 0 Å². The van der Waals surface area contributed by atoms with Gasteiger partial charge in [0, 0.05) is 6.42 Å². The molecule has 0 N–H and O–H groups in total. The Labute approximate surface area is 294 Å². The van der Waals surface area contributed by atoms with Gasteiger partial charge in [0.1, 0.15) is 12.4 Å². The molecule has 1 aromatic carbocycles. The van der Waals surface area contributed by atoms with Crippen LogP contribution in [0, 0.1) is 0 Å². The molecule has 0 saturated heterocycles. The van der Waals surface area contributed by atoms with Crippen LogP contribution in [-0.2, 0) is 25.9 Å². The maximum Gasteiger partial charge on any atom is 0.256 e. The molecule has 1 aromatic heterocycles. The van der Waals surface area contributed by atoms with E-state index in [1.165, 1.54) is 218 Å². The van der Waals surface area contributed by atoms with Crippen LogP contribution in [0.25, 0.3) is 0 Å². The molecule has 0 spiro atoms. The van der Waals surface area contributed by atoms with E-state index in [-0.39, 0.29) is 0 Å². The highest BCUT2D eigenvalue weighted by molar-refractivity contribution is 5.14. The monoisotopic (exact) mass is 650 g/mol. The third kappa shape index (κ3) is 23.4. The first kappa shape index (κ1) is 41.6. The topological polar surface area (TPSA) is 8.81 Å². The van der Waals surface area contributed by atoms with E-state index in [0.717, 1.165) is 6.54 Å². The molecule has 0 aliphatic heterocycles. The van der Waals surface area contributed by atoms with E-state index in [4.69, 9.17) is 0 Å². The fourth-order valence-corrected chi connectivity index (χ4v) is 7.42. The molecule has 0 radical (unpaired) electrons. The Bertz CT molecular complexity index is 900. The average molecular weight is 650 g/mol. The van der Waals surface area contributed by atoms with Crippen LogP contribution in [-0.4, -0.2) is 4.57 Å². The first-order valence-electron chi connectivity index (χ1n) is 21.5. The molecule has 0 saturated carbocycles. The predicted octanol–water partition coefficient (Wildman–Crippen LogP) is 14.3. The SMILES string of the molecule is CCCCCCCCCCCCCCCCCCc1n(CCCCCCCCCCCCCCC)cc[n+]1CCCc1ccccc1. The zero-order chi connectivity index (χ0) is 33.3. The van der Waals surface area contributed by atoms with Crippen LogP contribution in [0.4, 0.5) is 0 Å². The van der Waals surface area contributed by atoms with E-state index in [0.29, 0.717) is 0 Å². The number of hydrogen-bond acceptors (Lipinski definition) is 0. The van der Waals surface area contributed by atoms with Gasteiger partial charge in [-0.2, -0.15) is 0 Å². The van der Waals surface area contributed by atoms with E-state index < -0.39 is 0 Å². The fourth-order valence-electron chi connectivity index (χ4n) is 7.42. The van der Waals surface area contributed by atoms with Crippen LogP contribution < -0.4 is 4.57 Å². The van der Waals surface area contributed by atoms with Gasteiger partial charge >= 0.3 is 0 Å². The second-order valence-electron chi connectivity index (χ2n) is 15.0. The van der Waals surface area contributed by atoms with Crippen molar-refractivity contribution in [2.75, 3.05) is 0 Å². The Morgan fingerprint density at radius 1 is 0.426 bits per heavy atom. The Balaban J connectivity index is 1.58. The van der Waals surface area contributed by atoms with Gasteiger partial charge in [0.05, 0.1) is 13.1 Å². The first-order valence-corrected chi connectivity index (χ1v) is 21.5. The molecule has 0 aliphatic rings. The van der Waals surface area contributed by atoms with Crippen molar-refractivity contribution in [3.05, 3.63) is 54.1 Å². The van der Waals surface area contributed by atoms with Gasteiger partial charge in [-0.3, -0.25) is 0 Å². The van der Waals surface area contributed by atoms with Crippen LogP contribution in [0.2, 0.25) is 0 Å². The highest BCUT2D eigenvalue weighted by Gasteiger charge is 2.16. The third-order valence-electron chi connectivity index (χ3n) is 10.6. The van der Waals surface area contributed by atoms with Gasteiger partial charge in [-0.15, -0.1) is 0 Å². The molecule has 1 heterocycles. The lowest BCUT2D eigenvalue weighted by molar-refractivity contribution is -0.704.